The van der Waals surface area contributed by atoms with Crippen molar-refractivity contribution >= 4 is 5.97 Å². The Morgan fingerprint density at radius 2 is 2.14 bits per heavy atom. The van der Waals surface area contributed by atoms with Crippen LogP contribution >= 0.6 is 0 Å². The van der Waals surface area contributed by atoms with Crippen molar-refractivity contribution in [2.45, 2.75) is 61.7 Å². The summed E-state index contributed by atoms with van der Waals surface area (Å²) in [5.41, 5.74) is 1.14. The van der Waals surface area contributed by atoms with Gasteiger partial charge in [0.15, 0.2) is 11.5 Å². The van der Waals surface area contributed by atoms with E-state index >= 15 is 0 Å². The van der Waals surface area contributed by atoms with E-state index in [1.807, 2.05) is 6.07 Å². The van der Waals surface area contributed by atoms with Gasteiger partial charge in [-0.25, -0.2) is 4.79 Å². The maximum atomic E-state index is 12.2. The van der Waals surface area contributed by atoms with Crippen LogP contribution in [0.5, 0.6) is 11.5 Å². The summed E-state index contributed by atoms with van der Waals surface area (Å²) in [5.74, 6) is 0.294. The Labute approximate surface area is 163 Å². The Kier molecular flexibility index (Phi) is 3.19. The van der Waals surface area contributed by atoms with Crippen molar-refractivity contribution in [3.8, 4) is 11.5 Å². The van der Waals surface area contributed by atoms with Gasteiger partial charge in [0.25, 0.3) is 0 Å². The maximum absolute atomic E-state index is 12.2. The smallest absolute Gasteiger partial charge is 0.328 e. The average molecular weight is 383 g/mol. The third-order valence-electron chi connectivity index (χ3n) is 7.95. The molecule has 0 amide bonds. The van der Waals surface area contributed by atoms with E-state index in [0.717, 1.165) is 48.5 Å². The van der Waals surface area contributed by atoms with Crippen LogP contribution in [0.15, 0.2) is 23.8 Å². The molecule has 3 aliphatic carbocycles. The van der Waals surface area contributed by atoms with E-state index in [0.29, 0.717) is 18.6 Å². The van der Waals surface area contributed by atoms with Crippen LogP contribution in [-0.4, -0.2) is 57.0 Å². The molecule has 148 valence electrons. The summed E-state index contributed by atoms with van der Waals surface area (Å²) in [7, 11) is 0. The lowest BCUT2D eigenvalue weighted by molar-refractivity contribution is -0.174. The van der Waals surface area contributed by atoms with Crippen LogP contribution in [0.1, 0.15) is 43.2 Å². The largest absolute Gasteiger partial charge is 0.504 e. The van der Waals surface area contributed by atoms with Gasteiger partial charge in [0.2, 0.25) is 0 Å². The minimum atomic E-state index is -0.987. The predicted molar refractivity (Wildman–Crippen MR) is 101 cm³/mol. The number of carboxylic acids is 1. The van der Waals surface area contributed by atoms with Gasteiger partial charge in [-0.05, 0) is 68.2 Å². The topological polar surface area (TPSA) is 90.2 Å². The summed E-state index contributed by atoms with van der Waals surface area (Å²) in [4.78, 5) is 13.9. The molecule has 3 fully saturated rings. The number of carboxylic acid groups (broad SMARTS) is 1. The quantitative estimate of drug-likeness (QED) is 0.692. The lowest BCUT2D eigenvalue weighted by Crippen LogP contribution is -2.75. The number of phenols is 1. The average Bonchev–Trinajstić information content (AvgIpc) is 3.38. The first-order valence-corrected chi connectivity index (χ1v) is 10.4. The summed E-state index contributed by atoms with van der Waals surface area (Å²) in [6.45, 7) is 1.91. The number of hydrogen-bond acceptors (Lipinski definition) is 5. The summed E-state index contributed by atoms with van der Waals surface area (Å²) in [6.07, 6.45) is 5.80. The van der Waals surface area contributed by atoms with Gasteiger partial charge in [-0.3, -0.25) is 4.90 Å². The van der Waals surface area contributed by atoms with Gasteiger partial charge in [-0.15, -0.1) is 0 Å². The Bertz CT molecular complexity index is 922. The second-order valence-electron chi connectivity index (χ2n) is 9.31. The molecule has 2 aliphatic heterocycles. The van der Waals surface area contributed by atoms with Crippen LogP contribution in [0, 0.1) is 5.92 Å². The first-order valence-electron chi connectivity index (χ1n) is 10.4. The van der Waals surface area contributed by atoms with E-state index in [4.69, 9.17) is 4.74 Å². The summed E-state index contributed by atoms with van der Waals surface area (Å²) < 4.78 is 6.26. The monoisotopic (exact) mass is 383 g/mol. The van der Waals surface area contributed by atoms with Crippen LogP contribution in [-0.2, 0) is 16.6 Å². The number of aliphatic hydroxyl groups is 1. The van der Waals surface area contributed by atoms with Gasteiger partial charge in [0.05, 0.1) is 11.0 Å². The highest BCUT2D eigenvalue weighted by Gasteiger charge is 2.72. The molecule has 1 unspecified atom stereocenters. The standard InChI is InChI=1S/C22H25NO5/c24-15-4-3-13-9-16-22(27)6-5-14(10-17(25)26)20-21(22,18(13)19(15)28-20)7-8-23(16)11-12-1-2-12/h3-4,10,12,16,20,24,27H,1-2,5-9,11H2,(H,25,26)/b14-10-/t16-,20?,21+,22-/m1/s1. The Morgan fingerprint density at radius 1 is 1.32 bits per heavy atom. The molecule has 1 spiro atoms. The first kappa shape index (κ1) is 16.9. The molecular weight excluding hydrogens is 358 g/mol. The lowest BCUT2D eigenvalue weighted by atomic mass is 9.48. The molecular formula is C22H25NO5. The highest BCUT2D eigenvalue weighted by atomic mass is 16.5. The van der Waals surface area contributed by atoms with Crippen LogP contribution in [0.3, 0.4) is 0 Å². The number of rotatable bonds is 3. The third-order valence-corrected chi connectivity index (χ3v) is 7.95. The third kappa shape index (κ3) is 1.93. The van der Waals surface area contributed by atoms with Gasteiger partial charge in [-0.1, -0.05) is 6.07 Å². The summed E-state index contributed by atoms with van der Waals surface area (Å²) in [6, 6.07) is 3.65. The molecule has 2 bridgehead atoms. The molecule has 6 nitrogen and oxygen atoms in total. The van der Waals surface area contributed by atoms with E-state index in [-0.39, 0.29) is 11.8 Å². The van der Waals surface area contributed by atoms with Crippen molar-refractivity contribution < 1.29 is 24.9 Å². The highest BCUT2D eigenvalue weighted by Crippen LogP contribution is 2.66. The number of piperidine rings is 1. The van der Waals surface area contributed by atoms with Crippen molar-refractivity contribution in [1.82, 2.24) is 4.90 Å². The molecule has 0 aromatic heterocycles. The summed E-state index contributed by atoms with van der Waals surface area (Å²) in [5, 5.41) is 32.0. The van der Waals surface area contributed by atoms with Crippen LogP contribution in [0.2, 0.25) is 0 Å². The van der Waals surface area contributed by atoms with Crippen molar-refractivity contribution in [1.29, 1.82) is 0 Å². The van der Waals surface area contributed by atoms with E-state index in [1.54, 1.807) is 6.07 Å². The number of nitrogens with zero attached hydrogens (tertiary/aromatic N) is 1. The molecule has 2 saturated carbocycles. The SMILES string of the molecule is O=C(O)/C=C1/CC[C@@]2(O)[C@H]3Cc4ccc(O)c5c4[C@@]2(CCN3CC2CC2)C1O5. The zero-order chi connectivity index (χ0) is 19.3. The number of carbonyl (C=O) groups is 1. The highest BCUT2D eigenvalue weighted by molar-refractivity contribution is 5.81. The molecule has 1 aromatic carbocycles. The van der Waals surface area contributed by atoms with Crippen LogP contribution in [0.4, 0.5) is 0 Å². The minimum Gasteiger partial charge on any atom is -0.504 e. The first-order chi connectivity index (χ1) is 13.4. The van der Waals surface area contributed by atoms with Gasteiger partial charge in [-0.2, -0.15) is 0 Å². The molecule has 4 atom stereocenters. The molecule has 5 aliphatic rings. The molecule has 6 rings (SSSR count). The van der Waals surface area contributed by atoms with Gasteiger partial charge in [0, 0.05) is 24.2 Å². The number of aromatic hydroxyl groups is 1. The van der Waals surface area contributed by atoms with Crippen molar-refractivity contribution in [2.24, 2.45) is 5.92 Å². The second-order valence-corrected chi connectivity index (χ2v) is 9.31. The molecule has 1 saturated heterocycles. The number of benzene rings is 1. The number of likely N-dealkylation sites (tertiary alicyclic amines) is 1. The van der Waals surface area contributed by atoms with Gasteiger partial charge < -0.3 is 20.1 Å². The Hall–Kier alpha value is -2.05. The summed E-state index contributed by atoms with van der Waals surface area (Å²) >= 11 is 0. The van der Waals surface area contributed by atoms with Crippen LogP contribution in [0.25, 0.3) is 0 Å². The Balaban J connectivity index is 1.56. The number of phenolic OH excluding ortho intramolecular Hbond substituents is 1. The molecule has 0 radical (unpaired) electrons. The normalized spacial score (nSPS) is 39.5. The van der Waals surface area contributed by atoms with Crippen molar-refractivity contribution in [2.75, 3.05) is 13.1 Å². The second kappa shape index (κ2) is 5.30. The van der Waals surface area contributed by atoms with Crippen molar-refractivity contribution in [3.63, 3.8) is 0 Å². The number of hydrogen-bond donors (Lipinski definition) is 3. The molecule has 1 aromatic rings. The number of aliphatic carboxylic acids is 1. The van der Waals surface area contributed by atoms with Crippen molar-refractivity contribution in [3.05, 3.63) is 34.9 Å². The fourth-order valence-corrected chi connectivity index (χ4v) is 6.64. The van der Waals surface area contributed by atoms with Gasteiger partial charge in [0.1, 0.15) is 6.10 Å². The zero-order valence-corrected chi connectivity index (χ0v) is 15.7. The van der Waals surface area contributed by atoms with Crippen LogP contribution < -0.4 is 4.74 Å². The fraction of sp³-hybridized carbons (Fsp3) is 0.591. The maximum Gasteiger partial charge on any atom is 0.328 e. The van der Waals surface area contributed by atoms with Gasteiger partial charge >= 0.3 is 5.97 Å². The molecule has 28 heavy (non-hydrogen) atoms. The zero-order valence-electron chi connectivity index (χ0n) is 15.7. The minimum absolute atomic E-state index is 0.0160. The predicted octanol–water partition coefficient (Wildman–Crippen LogP) is 1.97. The van der Waals surface area contributed by atoms with E-state index in [2.05, 4.69) is 4.90 Å². The van der Waals surface area contributed by atoms with E-state index in [1.165, 1.54) is 18.9 Å². The lowest BCUT2D eigenvalue weighted by Gasteiger charge is -2.63. The molecule has 2 heterocycles. The number of ether oxygens (including phenoxy) is 1. The fourth-order valence-electron chi connectivity index (χ4n) is 6.64. The van der Waals surface area contributed by atoms with E-state index < -0.39 is 23.1 Å². The molecule has 3 N–H and O–H groups in total. The Morgan fingerprint density at radius 3 is 2.89 bits per heavy atom. The molecule has 6 heteroatoms. The van der Waals surface area contributed by atoms with E-state index in [9.17, 15) is 20.1 Å².